The summed E-state index contributed by atoms with van der Waals surface area (Å²) in [6.45, 7) is 0.795. The van der Waals surface area contributed by atoms with Crippen molar-refractivity contribution >= 4 is 5.78 Å². The van der Waals surface area contributed by atoms with Crippen LogP contribution in [0.5, 0.6) is 0 Å². The lowest BCUT2D eigenvalue weighted by Crippen LogP contribution is -2.43. The van der Waals surface area contributed by atoms with E-state index in [9.17, 15) is 4.79 Å². The smallest absolute Gasteiger partial charge is 0.161 e. The summed E-state index contributed by atoms with van der Waals surface area (Å²) in [5.74, 6) is 0.700. The van der Waals surface area contributed by atoms with Crippen molar-refractivity contribution in [2.45, 2.75) is 82.7 Å². The average molecular weight is 276 g/mol. The molecule has 0 N–H and O–H groups in total. The molecule has 1 heterocycles. The molecule has 1 aliphatic heterocycles. The molecule has 0 bridgehead atoms. The lowest BCUT2D eigenvalue weighted by molar-refractivity contribution is -0.140. The summed E-state index contributed by atoms with van der Waals surface area (Å²) >= 11 is 0. The van der Waals surface area contributed by atoms with Crippen LogP contribution in [0.4, 0.5) is 0 Å². The van der Waals surface area contributed by atoms with E-state index in [1.807, 2.05) is 0 Å². The Morgan fingerprint density at radius 3 is 2.75 bits per heavy atom. The van der Waals surface area contributed by atoms with E-state index in [-0.39, 0.29) is 11.5 Å². The molecule has 0 aromatic carbocycles. The second kappa shape index (κ2) is 6.43. The first-order valence-corrected chi connectivity index (χ1v) is 8.66. The quantitative estimate of drug-likeness (QED) is 0.738. The first kappa shape index (κ1) is 14.3. The molecule has 1 saturated carbocycles. The van der Waals surface area contributed by atoms with E-state index in [0.29, 0.717) is 5.78 Å². The van der Waals surface area contributed by atoms with Crippen LogP contribution in [0, 0.1) is 5.92 Å². The normalized spacial score (nSPS) is 30.6. The highest BCUT2D eigenvalue weighted by molar-refractivity contribution is 5.97. The van der Waals surface area contributed by atoms with Crippen molar-refractivity contribution < 1.29 is 9.53 Å². The lowest BCUT2D eigenvalue weighted by atomic mass is 9.74. The van der Waals surface area contributed by atoms with Crippen LogP contribution in [0.1, 0.15) is 77.0 Å². The van der Waals surface area contributed by atoms with Gasteiger partial charge in [0.15, 0.2) is 5.78 Å². The van der Waals surface area contributed by atoms with Gasteiger partial charge >= 0.3 is 0 Å². The molecule has 2 fully saturated rings. The average Bonchev–Trinajstić information content (AvgIpc) is 2.76. The van der Waals surface area contributed by atoms with Gasteiger partial charge in [-0.2, -0.15) is 0 Å². The van der Waals surface area contributed by atoms with Gasteiger partial charge in [0.05, 0.1) is 5.60 Å². The lowest BCUT2D eigenvalue weighted by Gasteiger charge is -2.43. The standard InChI is InChI=1S/C18H28O2/c19-17(15-8-4-1-2-5-9-15)16-10-13-20-18(14-16)11-6-3-7-12-18/h8,16H,1-7,9-14H2. The van der Waals surface area contributed by atoms with Crippen LogP contribution in [0.25, 0.3) is 0 Å². The van der Waals surface area contributed by atoms with Gasteiger partial charge < -0.3 is 4.74 Å². The van der Waals surface area contributed by atoms with E-state index in [4.69, 9.17) is 4.74 Å². The SMILES string of the molecule is O=C(C1=CCCCCC1)C1CCOC2(CCCCC2)C1. The minimum absolute atomic E-state index is 0.0577. The Morgan fingerprint density at radius 1 is 1.10 bits per heavy atom. The highest BCUT2D eigenvalue weighted by Crippen LogP contribution is 2.41. The zero-order chi connectivity index (χ0) is 13.8. The van der Waals surface area contributed by atoms with Crippen molar-refractivity contribution in [2.75, 3.05) is 6.61 Å². The predicted molar refractivity (Wildman–Crippen MR) is 80.7 cm³/mol. The first-order valence-electron chi connectivity index (χ1n) is 8.66. The summed E-state index contributed by atoms with van der Waals surface area (Å²) in [5.41, 5.74) is 1.20. The van der Waals surface area contributed by atoms with E-state index in [2.05, 4.69) is 6.08 Å². The Hall–Kier alpha value is -0.630. The Morgan fingerprint density at radius 2 is 1.90 bits per heavy atom. The van der Waals surface area contributed by atoms with Crippen molar-refractivity contribution in [1.82, 2.24) is 0 Å². The van der Waals surface area contributed by atoms with Crippen LogP contribution >= 0.6 is 0 Å². The van der Waals surface area contributed by atoms with E-state index in [1.54, 1.807) is 0 Å². The molecule has 1 spiro atoms. The largest absolute Gasteiger partial charge is 0.375 e. The van der Waals surface area contributed by atoms with Gasteiger partial charge in [-0.25, -0.2) is 0 Å². The van der Waals surface area contributed by atoms with E-state index >= 15 is 0 Å². The topological polar surface area (TPSA) is 26.3 Å². The Bertz CT molecular complexity index is 371. The zero-order valence-electron chi connectivity index (χ0n) is 12.7. The number of carbonyl (C=O) groups excluding carboxylic acids is 1. The van der Waals surface area contributed by atoms with Gasteiger partial charge in [-0.3, -0.25) is 4.79 Å². The van der Waals surface area contributed by atoms with E-state index < -0.39 is 0 Å². The Balaban J connectivity index is 1.66. The van der Waals surface area contributed by atoms with Crippen molar-refractivity contribution in [3.8, 4) is 0 Å². The summed E-state index contributed by atoms with van der Waals surface area (Å²) in [6.07, 6.45) is 16.3. The molecule has 3 aliphatic rings. The number of allylic oxidation sites excluding steroid dienone is 2. The third kappa shape index (κ3) is 3.16. The molecule has 112 valence electrons. The summed E-state index contributed by atoms with van der Waals surface area (Å²) in [5, 5.41) is 0. The van der Waals surface area contributed by atoms with Crippen molar-refractivity contribution in [1.29, 1.82) is 0 Å². The fraction of sp³-hybridized carbons (Fsp3) is 0.833. The molecular formula is C18H28O2. The molecule has 0 aromatic rings. The van der Waals surface area contributed by atoms with E-state index in [0.717, 1.165) is 37.9 Å². The molecule has 0 amide bonds. The molecular weight excluding hydrogens is 248 g/mol. The molecule has 3 rings (SSSR count). The maximum atomic E-state index is 12.8. The van der Waals surface area contributed by atoms with E-state index in [1.165, 1.54) is 51.4 Å². The monoisotopic (exact) mass is 276 g/mol. The third-order valence-electron chi connectivity index (χ3n) is 5.49. The van der Waals surface area contributed by atoms with Gasteiger partial charge in [-0.05, 0) is 56.9 Å². The fourth-order valence-corrected chi connectivity index (χ4v) is 4.30. The number of rotatable bonds is 2. The van der Waals surface area contributed by atoms with Crippen LogP contribution in [0.3, 0.4) is 0 Å². The van der Waals surface area contributed by atoms with Gasteiger partial charge in [-0.15, -0.1) is 0 Å². The van der Waals surface area contributed by atoms with Crippen molar-refractivity contribution in [3.63, 3.8) is 0 Å². The molecule has 2 heteroatoms. The van der Waals surface area contributed by atoms with Crippen LogP contribution in [0.15, 0.2) is 11.6 Å². The minimum Gasteiger partial charge on any atom is -0.375 e. The second-order valence-corrected chi connectivity index (χ2v) is 6.97. The van der Waals surface area contributed by atoms with Crippen molar-refractivity contribution in [2.24, 2.45) is 5.92 Å². The summed E-state index contributed by atoms with van der Waals surface area (Å²) in [4.78, 5) is 12.8. The maximum absolute atomic E-state index is 12.8. The highest BCUT2D eigenvalue weighted by atomic mass is 16.5. The maximum Gasteiger partial charge on any atom is 0.161 e. The van der Waals surface area contributed by atoms with Gasteiger partial charge in [0, 0.05) is 12.5 Å². The number of ketones is 1. The first-order chi connectivity index (χ1) is 9.79. The molecule has 1 unspecified atom stereocenters. The number of Topliss-reactive ketones (excluding diaryl/α,β-unsaturated/α-hetero) is 1. The summed E-state index contributed by atoms with van der Waals surface area (Å²) in [7, 11) is 0. The molecule has 2 nitrogen and oxygen atoms in total. The third-order valence-corrected chi connectivity index (χ3v) is 5.49. The number of carbonyl (C=O) groups is 1. The van der Waals surface area contributed by atoms with Crippen LogP contribution in [-0.2, 0) is 9.53 Å². The highest BCUT2D eigenvalue weighted by Gasteiger charge is 2.41. The minimum atomic E-state index is 0.0577. The molecule has 0 radical (unpaired) electrons. The fourth-order valence-electron chi connectivity index (χ4n) is 4.30. The summed E-state index contributed by atoms with van der Waals surface area (Å²) in [6, 6.07) is 0. The van der Waals surface area contributed by atoms with Gasteiger partial charge in [0.1, 0.15) is 0 Å². The zero-order valence-corrected chi connectivity index (χ0v) is 12.7. The molecule has 0 aromatic heterocycles. The van der Waals surface area contributed by atoms with Crippen LogP contribution < -0.4 is 0 Å². The molecule has 1 saturated heterocycles. The van der Waals surface area contributed by atoms with Gasteiger partial charge in [-0.1, -0.05) is 31.8 Å². The van der Waals surface area contributed by atoms with Crippen molar-refractivity contribution in [3.05, 3.63) is 11.6 Å². The summed E-state index contributed by atoms with van der Waals surface area (Å²) < 4.78 is 6.13. The number of hydrogen-bond donors (Lipinski definition) is 0. The number of hydrogen-bond acceptors (Lipinski definition) is 2. The van der Waals surface area contributed by atoms with Crippen LogP contribution in [0.2, 0.25) is 0 Å². The van der Waals surface area contributed by atoms with Gasteiger partial charge in [0.25, 0.3) is 0 Å². The second-order valence-electron chi connectivity index (χ2n) is 6.97. The number of ether oxygens (including phenoxy) is 1. The Labute approximate surface area is 123 Å². The molecule has 2 aliphatic carbocycles. The molecule has 1 atom stereocenters. The molecule has 20 heavy (non-hydrogen) atoms. The van der Waals surface area contributed by atoms with Gasteiger partial charge in [0.2, 0.25) is 0 Å². The predicted octanol–water partition coefficient (Wildman–Crippen LogP) is 4.58. The van der Waals surface area contributed by atoms with Crippen LogP contribution in [-0.4, -0.2) is 18.0 Å². The Kier molecular flexibility index (Phi) is 4.60.